The Balaban J connectivity index is 1.94. The van der Waals surface area contributed by atoms with Crippen LogP contribution in [-0.2, 0) is 29.7 Å². The van der Waals surface area contributed by atoms with E-state index in [-0.39, 0.29) is 23.7 Å². The minimum Gasteiger partial charge on any atom is -0.465 e. The smallest absolute Gasteiger partial charge is 0.333 e. The minimum atomic E-state index is -0.636. The maximum Gasteiger partial charge on any atom is 0.333 e. The van der Waals surface area contributed by atoms with E-state index in [4.69, 9.17) is 16.3 Å². The van der Waals surface area contributed by atoms with Gasteiger partial charge in [-0.25, -0.2) is 9.36 Å². The Kier molecular flexibility index (Phi) is 5.15. The van der Waals surface area contributed by atoms with Crippen molar-refractivity contribution in [3.05, 3.63) is 50.1 Å². The van der Waals surface area contributed by atoms with Crippen molar-refractivity contribution in [1.82, 2.24) is 18.7 Å². The van der Waals surface area contributed by atoms with Crippen LogP contribution < -0.4 is 16.1 Å². The number of ether oxygens (including phenoxy) is 1. The molecule has 4 rings (SSSR count). The van der Waals surface area contributed by atoms with E-state index in [1.807, 2.05) is 27.7 Å². The SMILES string of the molecule is CCOC(=O)Cn1c(=O)c2c(nc3n2C[C@H](C)CN3c2cccc(Cl)c2)n(C)c1=O. The van der Waals surface area contributed by atoms with Gasteiger partial charge in [0.15, 0.2) is 11.2 Å². The van der Waals surface area contributed by atoms with Crippen molar-refractivity contribution in [2.75, 3.05) is 18.1 Å². The first-order valence-corrected chi connectivity index (χ1v) is 10.1. The lowest BCUT2D eigenvalue weighted by molar-refractivity contribution is -0.143. The second-order valence-corrected chi connectivity index (χ2v) is 7.86. The fourth-order valence-corrected chi connectivity index (χ4v) is 4.03. The summed E-state index contributed by atoms with van der Waals surface area (Å²) in [4.78, 5) is 44.5. The number of aryl methyl sites for hydroxylation is 1. The molecule has 1 aliphatic rings. The molecule has 1 aromatic carbocycles. The third kappa shape index (κ3) is 3.28. The van der Waals surface area contributed by atoms with Crippen molar-refractivity contribution in [3.8, 4) is 0 Å². The number of hydrogen-bond acceptors (Lipinski definition) is 6. The number of anilines is 2. The van der Waals surface area contributed by atoms with Crippen LogP contribution in [0.1, 0.15) is 13.8 Å². The van der Waals surface area contributed by atoms with Gasteiger partial charge in [0.2, 0.25) is 5.95 Å². The second-order valence-electron chi connectivity index (χ2n) is 7.43. The second kappa shape index (κ2) is 7.64. The number of fused-ring (bicyclic) bond motifs is 3. The zero-order valence-electron chi connectivity index (χ0n) is 17.0. The van der Waals surface area contributed by atoms with Gasteiger partial charge in [0.05, 0.1) is 6.61 Å². The number of rotatable bonds is 4. The van der Waals surface area contributed by atoms with Crippen LogP contribution >= 0.6 is 11.6 Å². The van der Waals surface area contributed by atoms with Crippen LogP contribution in [0.5, 0.6) is 0 Å². The molecule has 1 aliphatic heterocycles. The van der Waals surface area contributed by atoms with Gasteiger partial charge in [-0.3, -0.25) is 14.2 Å². The predicted molar refractivity (Wildman–Crippen MR) is 113 cm³/mol. The van der Waals surface area contributed by atoms with Crippen LogP contribution in [0.15, 0.2) is 33.9 Å². The molecule has 0 saturated carbocycles. The van der Waals surface area contributed by atoms with Crippen LogP contribution in [0.3, 0.4) is 0 Å². The Morgan fingerprint density at radius 1 is 1.30 bits per heavy atom. The van der Waals surface area contributed by atoms with Gasteiger partial charge in [0, 0.05) is 30.8 Å². The average molecular weight is 432 g/mol. The minimum absolute atomic E-state index is 0.171. The summed E-state index contributed by atoms with van der Waals surface area (Å²) in [5.74, 6) is 0.138. The largest absolute Gasteiger partial charge is 0.465 e. The van der Waals surface area contributed by atoms with Crippen LogP contribution in [0.2, 0.25) is 5.02 Å². The number of benzene rings is 1. The van der Waals surface area contributed by atoms with Gasteiger partial charge in [0.25, 0.3) is 5.56 Å². The Morgan fingerprint density at radius 3 is 2.77 bits per heavy atom. The molecule has 10 heteroatoms. The van der Waals surface area contributed by atoms with E-state index in [2.05, 4.69) is 11.9 Å². The molecule has 0 fully saturated rings. The molecule has 1 atom stereocenters. The Labute approximate surface area is 177 Å². The number of imidazole rings is 1. The summed E-state index contributed by atoms with van der Waals surface area (Å²) in [6, 6.07) is 7.40. The average Bonchev–Trinajstić information content (AvgIpc) is 3.08. The maximum atomic E-state index is 13.2. The van der Waals surface area contributed by atoms with Gasteiger partial charge < -0.3 is 14.2 Å². The van der Waals surface area contributed by atoms with Crippen LogP contribution in [-0.4, -0.2) is 37.8 Å². The first-order chi connectivity index (χ1) is 14.3. The number of carbonyl (C=O) groups excluding carboxylic acids is 1. The summed E-state index contributed by atoms with van der Waals surface area (Å²) in [5.41, 5.74) is 0.247. The van der Waals surface area contributed by atoms with E-state index in [1.54, 1.807) is 13.0 Å². The summed E-state index contributed by atoms with van der Waals surface area (Å²) in [7, 11) is 1.54. The maximum absolute atomic E-state index is 13.2. The van der Waals surface area contributed by atoms with E-state index >= 15 is 0 Å². The van der Waals surface area contributed by atoms with Crippen molar-refractivity contribution in [1.29, 1.82) is 0 Å². The molecule has 0 radical (unpaired) electrons. The molecule has 0 N–H and O–H groups in total. The number of carbonyl (C=O) groups is 1. The predicted octanol–water partition coefficient (Wildman–Crippen LogP) is 1.90. The van der Waals surface area contributed by atoms with Gasteiger partial charge in [-0.15, -0.1) is 0 Å². The normalized spacial score (nSPS) is 16.0. The molecule has 0 aliphatic carbocycles. The summed E-state index contributed by atoms with van der Waals surface area (Å²) >= 11 is 6.18. The highest BCUT2D eigenvalue weighted by Crippen LogP contribution is 2.33. The molecule has 0 unspecified atom stereocenters. The standard InChI is InChI=1S/C20H22ClN5O4/c1-4-30-15(27)11-26-18(28)16-17(23(3)20(26)29)22-19-24(9-12(2)10-25(16)19)14-7-5-6-13(21)8-14/h5-8,12H,4,9-11H2,1-3H3/t12-/m1/s1. The molecular weight excluding hydrogens is 410 g/mol. The molecule has 158 valence electrons. The van der Waals surface area contributed by atoms with Crippen molar-refractivity contribution >= 4 is 40.4 Å². The molecular formula is C20H22ClN5O4. The first kappa shape index (κ1) is 20.2. The van der Waals surface area contributed by atoms with Crippen LogP contribution in [0.25, 0.3) is 11.2 Å². The fourth-order valence-electron chi connectivity index (χ4n) is 3.84. The van der Waals surface area contributed by atoms with Gasteiger partial charge in [-0.2, -0.15) is 4.98 Å². The number of aromatic nitrogens is 4. The third-order valence-electron chi connectivity index (χ3n) is 5.15. The molecule has 0 bridgehead atoms. The lowest BCUT2D eigenvalue weighted by Gasteiger charge is -2.33. The number of esters is 1. The molecule has 30 heavy (non-hydrogen) atoms. The zero-order valence-corrected chi connectivity index (χ0v) is 17.7. The van der Waals surface area contributed by atoms with Crippen molar-refractivity contribution < 1.29 is 9.53 Å². The van der Waals surface area contributed by atoms with Gasteiger partial charge in [-0.1, -0.05) is 24.6 Å². The number of hydrogen-bond donors (Lipinski definition) is 0. The van der Waals surface area contributed by atoms with Crippen molar-refractivity contribution in [3.63, 3.8) is 0 Å². The molecule has 3 heterocycles. The third-order valence-corrected chi connectivity index (χ3v) is 5.39. The fraction of sp³-hybridized carbons (Fsp3) is 0.400. The Bertz CT molecular complexity index is 1260. The topological polar surface area (TPSA) is 91.4 Å². The van der Waals surface area contributed by atoms with E-state index in [9.17, 15) is 14.4 Å². The summed E-state index contributed by atoms with van der Waals surface area (Å²) in [6.45, 7) is 4.73. The monoisotopic (exact) mass is 431 g/mol. The molecule has 0 saturated heterocycles. The first-order valence-electron chi connectivity index (χ1n) is 9.70. The molecule has 2 aromatic heterocycles. The molecule has 3 aromatic rings. The molecule has 0 spiro atoms. The van der Waals surface area contributed by atoms with Crippen molar-refractivity contribution in [2.24, 2.45) is 13.0 Å². The van der Waals surface area contributed by atoms with Crippen molar-refractivity contribution in [2.45, 2.75) is 26.9 Å². The highest BCUT2D eigenvalue weighted by atomic mass is 35.5. The highest BCUT2D eigenvalue weighted by molar-refractivity contribution is 6.30. The van der Waals surface area contributed by atoms with Crippen LogP contribution in [0.4, 0.5) is 11.6 Å². The lowest BCUT2D eigenvalue weighted by Crippen LogP contribution is -2.42. The quantitative estimate of drug-likeness (QED) is 0.586. The van der Waals surface area contributed by atoms with E-state index in [0.29, 0.717) is 24.1 Å². The summed E-state index contributed by atoms with van der Waals surface area (Å²) in [6.07, 6.45) is 0. The Hall–Kier alpha value is -3.07. The van der Waals surface area contributed by atoms with Gasteiger partial charge in [-0.05, 0) is 31.0 Å². The number of nitrogens with zero attached hydrogens (tertiary/aromatic N) is 5. The Morgan fingerprint density at radius 2 is 2.07 bits per heavy atom. The molecule has 0 amide bonds. The highest BCUT2D eigenvalue weighted by Gasteiger charge is 2.30. The lowest BCUT2D eigenvalue weighted by atomic mass is 10.1. The van der Waals surface area contributed by atoms with Crippen LogP contribution in [0, 0.1) is 5.92 Å². The van der Waals surface area contributed by atoms with Gasteiger partial charge >= 0.3 is 11.7 Å². The molecule has 9 nitrogen and oxygen atoms in total. The van der Waals surface area contributed by atoms with Gasteiger partial charge in [0.1, 0.15) is 6.54 Å². The number of halogens is 1. The summed E-state index contributed by atoms with van der Waals surface area (Å²) < 4.78 is 8.92. The van der Waals surface area contributed by atoms with E-state index in [1.165, 1.54) is 11.6 Å². The zero-order chi connectivity index (χ0) is 21.6. The summed E-state index contributed by atoms with van der Waals surface area (Å²) in [5, 5.41) is 0.595. The van der Waals surface area contributed by atoms with E-state index < -0.39 is 23.8 Å². The van der Waals surface area contributed by atoms with E-state index in [0.717, 1.165) is 10.3 Å².